The van der Waals surface area contributed by atoms with Crippen molar-refractivity contribution in [2.75, 3.05) is 0 Å². The molecule has 1 aromatic heterocycles. The molecular formula is C16H18ClN3O. The maximum absolute atomic E-state index is 11.8. The van der Waals surface area contributed by atoms with Gasteiger partial charge in [-0.2, -0.15) is 0 Å². The van der Waals surface area contributed by atoms with Gasteiger partial charge in [-0.3, -0.25) is 9.78 Å². The van der Waals surface area contributed by atoms with Crippen LogP contribution in [0.2, 0.25) is 0 Å². The van der Waals surface area contributed by atoms with Gasteiger partial charge in [-0.15, -0.1) is 12.4 Å². The van der Waals surface area contributed by atoms with E-state index in [1.807, 2.05) is 36.4 Å². The van der Waals surface area contributed by atoms with Crippen LogP contribution in [0.5, 0.6) is 0 Å². The molecule has 0 saturated carbocycles. The normalized spacial score (nSPS) is 19.6. The third-order valence-electron chi connectivity index (χ3n) is 3.81. The molecular weight excluding hydrogens is 286 g/mol. The molecule has 0 radical (unpaired) electrons. The van der Waals surface area contributed by atoms with Gasteiger partial charge in [-0.1, -0.05) is 30.3 Å². The zero-order chi connectivity index (χ0) is 13.9. The first kappa shape index (κ1) is 15.5. The summed E-state index contributed by atoms with van der Waals surface area (Å²) in [6, 6.07) is 13.9. The van der Waals surface area contributed by atoms with E-state index in [2.05, 4.69) is 16.4 Å². The average Bonchev–Trinajstić information content (AvgIpc) is 2.84. The van der Waals surface area contributed by atoms with E-state index < -0.39 is 0 Å². The van der Waals surface area contributed by atoms with Crippen molar-refractivity contribution in [1.29, 1.82) is 0 Å². The molecule has 110 valence electrons. The lowest BCUT2D eigenvalue weighted by atomic mass is 9.97. The maximum atomic E-state index is 11.8. The SMILES string of the molecule is Cl.NC(=O)C1c2ccccc2CC1NCc1ccccn1. The predicted molar refractivity (Wildman–Crippen MR) is 84.2 cm³/mol. The van der Waals surface area contributed by atoms with E-state index in [-0.39, 0.29) is 30.3 Å². The molecule has 0 fully saturated rings. The van der Waals surface area contributed by atoms with Crippen molar-refractivity contribution in [1.82, 2.24) is 10.3 Å². The van der Waals surface area contributed by atoms with E-state index in [9.17, 15) is 4.79 Å². The zero-order valence-corrected chi connectivity index (χ0v) is 12.3. The quantitative estimate of drug-likeness (QED) is 0.905. The van der Waals surface area contributed by atoms with Crippen molar-refractivity contribution in [2.45, 2.75) is 24.9 Å². The molecule has 1 aromatic carbocycles. The highest BCUT2D eigenvalue weighted by molar-refractivity contribution is 5.85. The lowest BCUT2D eigenvalue weighted by molar-refractivity contribution is -0.119. The van der Waals surface area contributed by atoms with E-state index in [4.69, 9.17) is 5.73 Å². The third kappa shape index (κ3) is 3.23. The number of fused-ring (bicyclic) bond motifs is 1. The highest BCUT2D eigenvalue weighted by Gasteiger charge is 2.35. The number of carbonyl (C=O) groups excluding carboxylic acids is 1. The molecule has 3 rings (SSSR count). The van der Waals surface area contributed by atoms with E-state index in [1.54, 1.807) is 6.20 Å². The zero-order valence-electron chi connectivity index (χ0n) is 11.5. The number of nitrogens with zero attached hydrogens (tertiary/aromatic N) is 1. The second-order valence-electron chi connectivity index (χ2n) is 5.09. The first-order valence-electron chi connectivity index (χ1n) is 6.76. The van der Waals surface area contributed by atoms with Crippen molar-refractivity contribution in [3.8, 4) is 0 Å². The van der Waals surface area contributed by atoms with Gasteiger partial charge in [-0.25, -0.2) is 0 Å². The highest BCUT2D eigenvalue weighted by Crippen LogP contribution is 2.33. The molecule has 2 unspecified atom stereocenters. The summed E-state index contributed by atoms with van der Waals surface area (Å²) in [5.41, 5.74) is 8.80. The number of pyridine rings is 1. The Morgan fingerprint density at radius 1 is 1.24 bits per heavy atom. The molecule has 21 heavy (non-hydrogen) atoms. The Hall–Kier alpha value is -1.91. The fourth-order valence-corrected chi connectivity index (χ4v) is 2.87. The summed E-state index contributed by atoms with van der Waals surface area (Å²) in [6.07, 6.45) is 2.60. The minimum atomic E-state index is -0.270. The number of nitrogens with one attached hydrogen (secondary N) is 1. The highest BCUT2D eigenvalue weighted by atomic mass is 35.5. The molecule has 0 saturated heterocycles. The van der Waals surface area contributed by atoms with Gasteiger partial charge < -0.3 is 11.1 Å². The molecule has 3 N–H and O–H groups in total. The Balaban J connectivity index is 0.00000161. The summed E-state index contributed by atoms with van der Waals surface area (Å²) in [7, 11) is 0. The van der Waals surface area contributed by atoms with Crippen LogP contribution in [0.3, 0.4) is 0 Å². The monoisotopic (exact) mass is 303 g/mol. The molecule has 0 aliphatic heterocycles. The number of carbonyl (C=O) groups is 1. The molecule has 0 spiro atoms. The molecule has 1 heterocycles. The summed E-state index contributed by atoms with van der Waals surface area (Å²) < 4.78 is 0. The van der Waals surface area contributed by atoms with Gasteiger partial charge in [0.05, 0.1) is 11.6 Å². The van der Waals surface area contributed by atoms with Crippen LogP contribution in [0.15, 0.2) is 48.7 Å². The minimum absolute atomic E-state index is 0. The van der Waals surface area contributed by atoms with Gasteiger partial charge in [0.1, 0.15) is 0 Å². The van der Waals surface area contributed by atoms with Crippen LogP contribution in [0, 0.1) is 0 Å². The number of benzene rings is 1. The molecule has 1 amide bonds. The summed E-state index contributed by atoms with van der Waals surface area (Å²) in [4.78, 5) is 16.0. The van der Waals surface area contributed by atoms with Crippen LogP contribution in [0.1, 0.15) is 22.7 Å². The van der Waals surface area contributed by atoms with Crippen LogP contribution in [-0.4, -0.2) is 16.9 Å². The van der Waals surface area contributed by atoms with Gasteiger partial charge in [0.15, 0.2) is 0 Å². The number of nitrogens with two attached hydrogens (primary N) is 1. The number of hydrogen-bond acceptors (Lipinski definition) is 3. The molecule has 0 bridgehead atoms. The van der Waals surface area contributed by atoms with Crippen molar-refractivity contribution in [3.05, 3.63) is 65.5 Å². The molecule has 1 aliphatic carbocycles. The minimum Gasteiger partial charge on any atom is -0.369 e. The fourth-order valence-electron chi connectivity index (χ4n) is 2.87. The van der Waals surface area contributed by atoms with Crippen LogP contribution in [0.25, 0.3) is 0 Å². The second-order valence-corrected chi connectivity index (χ2v) is 5.09. The van der Waals surface area contributed by atoms with E-state index in [1.165, 1.54) is 5.56 Å². The summed E-state index contributed by atoms with van der Waals surface area (Å²) in [5.74, 6) is -0.525. The molecule has 5 heteroatoms. The Morgan fingerprint density at radius 3 is 2.71 bits per heavy atom. The maximum Gasteiger partial charge on any atom is 0.226 e. The number of hydrogen-bond donors (Lipinski definition) is 2. The molecule has 4 nitrogen and oxygen atoms in total. The first-order chi connectivity index (χ1) is 9.75. The summed E-state index contributed by atoms with van der Waals surface area (Å²) in [5, 5.41) is 3.41. The third-order valence-corrected chi connectivity index (χ3v) is 3.81. The van der Waals surface area contributed by atoms with E-state index in [0.29, 0.717) is 6.54 Å². The standard InChI is InChI=1S/C16H17N3O.ClH/c17-16(20)15-13-7-2-1-5-11(13)9-14(15)19-10-12-6-3-4-8-18-12;/h1-8,14-15,19H,9-10H2,(H2,17,20);1H. The number of halogens is 1. The van der Waals surface area contributed by atoms with Gasteiger partial charge in [0, 0.05) is 18.8 Å². The Labute approximate surface area is 130 Å². The number of rotatable bonds is 4. The molecule has 2 aromatic rings. The van der Waals surface area contributed by atoms with Gasteiger partial charge in [0.25, 0.3) is 0 Å². The Bertz CT molecular complexity index is 618. The largest absolute Gasteiger partial charge is 0.369 e. The number of primary amides is 1. The predicted octanol–water partition coefficient (Wildman–Crippen LogP) is 1.79. The smallest absolute Gasteiger partial charge is 0.226 e. The van der Waals surface area contributed by atoms with Crippen molar-refractivity contribution >= 4 is 18.3 Å². The number of amides is 1. The Kier molecular flexibility index (Phi) is 4.94. The van der Waals surface area contributed by atoms with Crippen LogP contribution < -0.4 is 11.1 Å². The Morgan fingerprint density at radius 2 is 2.00 bits per heavy atom. The molecule has 2 atom stereocenters. The van der Waals surface area contributed by atoms with Crippen LogP contribution in [-0.2, 0) is 17.8 Å². The van der Waals surface area contributed by atoms with Crippen LogP contribution in [0.4, 0.5) is 0 Å². The van der Waals surface area contributed by atoms with Crippen molar-refractivity contribution < 1.29 is 4.79 Å². The molecule has 1 aliphatic rings. The van der Waals surface area contributed by atoms with Crippen molar-refractivity contribution in [3.63, 3.8) is 0 Å². The summed E-state index contributed by atoms with van der Waals surface area (Å²) in [6.45, 7) is 0.642. The van der Waals surface area contributed by atoms with E-state index >= 15 is 0 Å². The topological polar surface area (TPSA) is 68.0 Å². The average molecular weight is 304 g/mol. The fraction of sp³-hybridized carbons (Fsp3) is 0.250. The number of aromatic nitrogens is 1. The van der Waals surface area contributed by atoms with Gasteiger partial charge in [-0.05, 0) is 29.7 Å². The van der Waals surface area contributed by atoms with Crippen molar-refractivity contribution in [2.24, 2.45) is 5.73 Å². The lowest BCUT2D eigenvalue weighted by Crippen LogP contribution is -2.38. The van der Waals surface area contributed by atoms with E-state index in [0.717, 1.165) is 17.7 Å². The first-order valence-corrected chi connectivity index (χ1v) is 6.76. The van der Waals surface area contributed by atoms with Crippen LogP contribution >= 0.6 is 12.4 Å². The van der Waals surface area contributed by atoms with Gasteiger partial charge >= 0.3 is 0 Å². The second kappa shape index (κ2) is 6.70. The summed E-state index contributed by atoms with van der Waals surface area (Å²) >= 11 is 0. The lowest BCUT2D eigenvalue weighted by Gasteiger charge is -2.18. The van der Waals surface area contributed by atoms with Gasteiger partial charge in [0.2, 0.25) is 5.91 Å².